The molecular formula is C32H28N2O3. The van der Waals surface area contributed by atoms with Gasteiger partial charge in [0.1, 0.15) is 12.4 Å². The molecule has 0 aliphatic heterocycles. The highest BCUT2D eigenvalue weighted by atomic mass is 16.5. The molecule has 0 amide bonds. The van der Waals surface area contributed by atoms with Crippen LogP contribution in [0.15, 0.2) is 116 Å². The lowest BCUT2D eigenvalue weighted by molar-refractivity contribution is -0.136. The van der Waals surface area contributed by atoms with Crippen molar-refractivity contribution in [3.05, 3.63) is 132 Å². The van der Waals surface area contributed by atoms with Crippen molar-refractivity contribution in [2.24, 2.45) is 0 Å². The number of hydrogen-bond acceptors (Lipinski definition) is 3. The van der Waals surface area contributed by atoms with Crippen LogP contribution in [-0.4, -0.2) is 20.6 Å². The van der Waals surface area contributed by atoms with Crippen LogP contribution >= 0.6 is 0 Å². The lowest BCUT2D eigenvalue weighted by Crippen LogP contribution is -2.00. The van der Waals surface area contributed by atoms with Crippen LogP contribution in [0.1, 0.15) is 23.2 Å². The van der Waals surface area contributed by atoms with Crippen LogP contribution in [0.4, 0.5) is 0 Å². The molecule has 0 aliphatic carbocycles. The van der Waals surface area contributed by atoms with Crippen molar-refractivity contribution in [1.82, 2.24) is 9.55 Å². The van der Waals surface area contributed by atoms with E-state index in [0.29, 0.717) is 19.6 Å². The van der Waals surface area contributed by atoms with Crippen molar-refractivity contribution in [3.63, 3.8) is 0 Å². The summed E-state index contributed by atoms with van der Waals surface area (Å²) in [6.07, 6.45) is 6.64. The Hall–Kier alpha value is -4.64. The molecule has 2 heterocycles. The molecular weight excluding hydrogens is 460 g/mol. The summed E-state index contributed by atoms with van der Waals surface area (Å²) >= 11 is 0. The van der Waals surface area contributed by atoms with Gasteiger partial charge in [-0.15, -0.1) is 0 Å². The van der Waals surface area contributed by atoms with Gasteiger partial charge in [-0.3, -0.25) is 9.78 Å². The Labute approximate surface area is 216 Å². The second kappa shape index (κ2) is 11.4. The van der Waals surface area contributed by atoms with Crippen LogP contribution in [0.3, 0.4) is 0 Å². The number of aromatic nitrogens is 2. The van der Waals surface area contributed by atoms with Gasteiger partial charge in [-0.1, -0.05) is 78.9 Å². The van der Waals surface area contributed by atoms with Gasteiger partial charge < -0.3 is 14.4 Å². The smallest absolute Gasteiger partial charge is 0.303 e. The Balaban J connectivity index is 1.22. The molecule has 5 rings (SSSR count). The molecule has 184 valence electrons. The molecule has 2 aromatic heterocycles. The van der Waals surface area contributed by atoms with Crippen LogP contribution in [0.2, 0.25) is 0 Å². The molecule has 37 heavy (non-hydrogen) atoms. The van der Waals surface area contributed by atoms with Crippen molar-refractivity contribution in [3.8, 4) is 28.0 Å². The van der Waals surface area contributed by atoms with Crippen LogP contribution in [0.25, 0.3) is 22.3 Å². The fraction of sp³-hybridized carbons (Fsp3) is 0.125. The Morgan fingerprint density at radius 3 is 2.14 bits per heavy atom. The third-order valence-corrected chi connectivity index (χ3v) is 6.26. The number of aryl methyl sites for hydroxylation is 1. The van der Waals surface area contributed by atoms with Gasteiger partial charge in [0, 0.05) is 42.7 Å². The molecule has 0 atom stereocenters. The fourth-order valence-electron chi connectivity index (χ4n) is 4.34. The van der Waals surface area contributed by atoms with Crippen LogP contribution < -0.4 is 4.74 Å². The van der Waals surface area contributed by atoms with E-state index in [1.807, 2.05) is 60.8 Å². The van der Waals surface area contributed by atoms with Gasteiger partial charge in [0.25, 0.3) is 0 Å². The van der Waals surface area contributed by atoms with E-state index in [1.165, 1.54) is 0 Å². The lowest BCUT2D eigenvalue weighted by atomic mass is 10.0. The second-order valence-electron chi connectivity index (χ2n) is 8.97. The molecule has 0 fully saturated rings. The predicted molar refractivity (Wildman–Crippen MR) is 145 cm³/mol. The number of hydrogen-bond donors (Lipinski definition) is 1. The summed E-state index contributed by atoms with van der Waals surface area (Å²) in [4.78, 5) is 15.7. The number of carboxylic acid groups (broad SMARTS) is 1. The van der Waals surface area contributed by atoms with Crippen molar-refractivity contribution in [1.29, 1.82) is 0 Å². The zero-order chi connectivity index (χ0) is 25.5. The third kappa shape index (κ3) is 6.33. The first-order valence-corrected chi connectivity index (χ1v) is 12.3. The Morgan fingerprint density at radius 1 is 0.784 bits per heavy atom. The normalized spacial score (nSPS) is 10.8. The highest BCUT2D eigenvalue weighted by Gasteiger charge is 2.11. The number of carbonyl (C=O) groups is 1. The van der Waals surface area contributed by atoms with E-state index < -0.39 is 5.97 Å². The average molecular weight is 489 g/mol. The molecule has 0 spiro atoms. The molecule has 5 heteroatoms. The summed E-state index contributed by atoms with van der Waals surface area (Å²) in [7, 11) is 0. The monoisotopic (exact) mass is 488 g/mol. The second-order valence-corrected chi connectivity index (χ2v) is 8.97. The van der Waals surface area contributed by atoms with E-state index in [2.05, 4.69) is 64.4 Å². The highest BCUT2D eigenvalue weighted by molar-refractivity contribution is 5.70. The number of pyridine rings is 1. The predicted octanol–water partition coefficient (Wildman–Crippen LogP) is 6.86. The van der Waals surface area contributed by atoms with E-state index in [1.54, 1.807) is 0 Å². The van der Waals surface area contributed by atoms with E-state index >= 15 is 0 Å². The van der Waals surface area contributed by atoms with E-state index in [-0.39, 0.29) is 6.42 Å². The Kier molecular flexibility index (Phi) is 7.42. The molecule has 0 aliphatic rings. The molecule has 1 N–H and O–H groups in total. The van der Waals surface area contributed by atoms with Crippen LogP contribution in [0.5, 0.6) is 5.75 Å². The largest absolute Gasteiger partial charge is 0.487 e. The average Bonchev–Trinajstić information content (AvgIpc) is 3.35. The molecule has 5 nitrogen and oxygen atoms in total. The first kappa shape index (κ1) is 24.1. The minimum atomic E-state index is -0.787. The molecule has 0 radical (unpaired) electrons. The van der Waals surface area contributed by atoms with Crippen molar-refractivity contribution in [2.75, 3.05) is 0 Å². The molecule has 0 bridgehead atoms. The summed E-state index contributed by atoms with van der Waals surface area (Å²) in [5, 5.41) is 9.16. The first-order chi connectivity index (χ1) is 18.1. The zero-order valence-electron chi connectivity index (χ0n) is 20.5. The van der Waals surface area contributed by atoms with E-state index in [9.17, 15) is 4.79 Å². The lowest BCUT2D eigenvalue weighted by Gasteiger charge is -2.08. The summed E-state index contributed by atoms with van der Waals surface area (Å²) in [5.41, 5.74) is 7.45. The van der Waals surface area contributed by atoms with Gasteiger partial charge in [0.2, 0.25) is 0 Å². The number of ether oxygens (including phenoxy) is 1. The molecule has 0 unspecified atom stereocenters. The number of benzene rings is 3. The zero-order valence-corrected chi connectivity index (χ0v) is 20.5. The van der Waals surface area contributed by atoms with E-state index in [0.717, 1.165) is 44.8 Å². The van der Waals surface area contributed by atoms with Crippen molar-refractivity contribution in [2.45, 2.75) is 26.0 Å². The van der Waals surface area contributed by atoms with Gasteiger partial charge in [0.15, 0.2) is 0 Å². The van der Waals surface area contributed by atoms with Crippen LogP contribution in [0, 0.1) is 0 Å². The van der Waals surface area contributed by atoms with Crippen molar-refractivity contribution < 1.29 is 14.6 Å². The quantitative estimate of drug-likeness (QED) is 0.233. The maximum absolute atomic E-state index is 11.1. The van der Waals surface area contributed by atoms with Crippen LogP contribution in [-0.2, 0) is 24.4 Å². The third-order valence-electron chi connectivity index (χ3n) is 6.26. The standard InChI is InChI=1S/C32H28N2O3/c35-32(36)18-14-28-21-34(22-31(28)26-9-5-2-6-10-26)20-24-11-16-30(17-12-24)37-23-29-15-13-27(19-33-29)25-7-3-1-4-8-25/h1-13,15-17,19,21-22H,14,18,20,23H2,(H,35,36). The topological polar surface area (TPSA) is 64.3 Å². The number of nitrogens with zero attached hydrogens (tertiary/aromatic N) is 2. The molecule has 0 saturated heterocycles. The molecule has 5 aromatic rings. The van der Waals surface area contributed by atoms with Gasteiger partial charge in [-0.25, -0.2) is 0 Å². The van der Waals surface area contributed by atoms with E-state index in [4.69, 9.17) is 9.84 Å². The van der Waals surface area contributed by atoms with Crippen molar-refractivity contribution >= 4 is 5.97 Å². The Bertz CT molecular complexity index is 1440. The summed E-state index contributed by atoms with van der Waals surface area (Å²) in [6, 6.07) is 32.4. The van der Waals surface area contributed by atoms with Gasteiger partial charge in [-0.05, 0) is 46.9 Å². The number of rotatable bonds is 10. The molecule has 0 saturated carbocycles. The minimum Gasteiger partial charge on any atom is -0.487 e. The maximum Gasteiger partial charge on any atom is 0.303 e. The number of carboxylic acids is 1. The SMILES string of the molecule is O=C(O)CCc1cn(Cc2ccc(OCc3ccc(-c4ccccc4)cn3)cc2)cc1-c1ccccc1. The first-order valence-electron chi connectivity index (χ1n) is 12.3. The summed E-state index contributed by atoms with van der Waals surface area (Å²) in [5.74, 6) is 0.00185. The fourth-order valence-corrected chi connectivity index (χ4v) is 4.34. The van der Waals surface area contributed by atoms with Gasteiger partial charge in [0.05, 0.1) is 5.69 Å². The van der Waals surface area contributed by atoms with Gasteiger partial charge in [-0.2, -0.15) is 0 Å². The maximum atomic E-state index is 11.1. The summed E-state index contributed by atoms with van der Waals surface area (Å²) in [6.45, 7) is 1.09. The highest BCUT2D eigenvalue weighted by Crippen LogP contribution is 2.27. The summed E-state index contributed by atoms with van der Waals surface area (Å²) < 4.78 is 8.07. The molecule has 3 aromatic carbocycles. The number of aliphatic carboxylic acids is 1. The minimum absolute atomic E-state index is 0.111. The van der Waals surface area contributed by atoms with Gasteiger partial charge >= 0.3 is 5.97 Å². The Morgan fingerprint density at radius 2 is 1.49 bits per heavy atom.